The summed E-state index contributed by atoms with van der Waals surface area (Å²) in [6.07, 6.45) is 0.520. The van der Waals surface area contributed by atoms with Crippen LogP contribution < -0.4 is 5.73 Å². The van der Waals surface area contributed by atoms with Gasteiger partial charge >= 0.3 is 6.18 Å². The molecule has 5 heteroatoms. The van der Waals surface area contributed by atoms with Gasteiger partial charge in [0.05, 0.1) is 5.41 Å². The Hall–Kier alpha value is -1.10. The van der Waals surface area contributed by atoms with Crippen LogP contribution >= 0.6 is 0 Å². The molecule has 2 aliphatic carbocycles. The Bertz CT molecular complexity index is 473. The highest BCUT2D eigenvalue weighted by atomic mass is 19.4. The van der Waals surface area contributed by atoms with Crippen molar-refractivity contribution < 1.29 is 13.2 Å². The van der Waals surface area contributed by atoms with E-state index in [4.69, 9.17) is 5.73 Å². The molecule has 2 N–H and O–H groups in total. The van der Waals surface area contributed by atoms with Gasteiger partial charge in [0, 0.05) is 17.8 Å². The molecule has 3 rings (SSSR count). The molecule has 2 nitrogen and oxygen atoms in total. The smallest absolute Gasteiger partial charge is 0.330 e. The highest BCUT2D eigenvalue weighted by molar-refractivity contribution is 5.24. The van der Waals surface area contributed by atoms with E-state index in [0.29, 0.717) is 5.92 Å². The van der Waals surface area contributed by atoms with Crippen molar-refractivity contribution in [2.75, 3.05) is 6.54 Å². The van der Waals surface area contributed by atoms with Gasteiger partial charge in [-0.05, 0) is 56.2 Å². The van der Waals surface area contributed by atoms with Gasteiger partial charge in [-0.15, -0.1) is 0 Å². The van der Waals surface area contributed by atoms with Gasteiger partial charge in [0.15, 0.2) is 0 Å². The van der Waals surface area contributed by atoms with Gasteiger partial charge in [0.2, 0.25) is 0 Å². The van der Waals surface area contributed by atoms with Crippen molar-refractivity contribution in [1.29, 1.82) is 0 Å². The largest absolute Gasteiger partial charge is 0.394 e. The topological polar surface area (TPSA) is 38.9 Å². The molecule has 0 amide bonds. The number of rotatable bonds is 5. The van der Waals surface area contributed by atoms with Crippen molar-refractivity contribution in [2.45, 2.75) is 50.1 Å². The van der Waals surface area contributed by atoms with E-state index in [-0.39, 0.29) is 31.7 Å². The number of halogens is 3. The normalized spacial score (nSPS) is 22.6. The molecular weight excluding hydrogens is 265 g/mol. The van der Waals surface area contributed by atoms with E-state index in [1.807, 2.05) is 12.1 Å². The van der Waals surface area contributed by atoms with E-state index < -0.39 is 11.6 Å². The van der Waals surface area contributed by atoms with E-state index in [9.17, 15) is 13.2 Å². The van der Waals surface area contributed by atoms with Crippen molar-refractivity contribution in [1.82, 2.24) is 4.98 Å². The Labute approximate surface area is 116 Å². The number of hydrogen-bond acceptors (Lipinski definition) is 2. The maximum absolute atomic E-state index is 13.0. The summed E-state index contributed by atoms with van der Waals surface area (Å²) in [5, 5.41) is 0. The zero-order chi connectivity index (χ0) is 14.4. The predicted octanol–water partition coefficient (Wildman–Crippen LogP) is 3.73. The zero-order valence-electron chi connectivity index (χ0n) is 11.3. The maximum atomic E-state index is 13.0. The molecule has 1 unspecified atom stereocenters. The monoisotopic (exact) mass is 284 g/mol. The van der Waals surface area contributed by atoms with Crippen LogP contribution in [-0.2, 0) is 0 Å². The van der Waals surface area contributed by atoms with Crippen LogP contribution in [0.5, 0.6) is 0 Å². The fourth-order valence-corrected chi connectivity index (χ4v) is 2.84. The van der Waals surface area contributed by atoms with Gasteiger partial charge in [-0.3, -0.25) is 4.98 Å². The first-order chi connectivity index (χ1) is 9.45. The summed E-state index contributed by atoms with van der Waals surface area (Å²) in [6.45, 7) is 0.238. The number of alkyl halides is 3. The Kier molecular flexibility index (Phi) is 3.27. The van der Waals surface area contributed by atoms with Crippen molar-refractivity contribution in [2.24, 2.45) is 11.1 Å². The second kappa shape index (κ2) is 4.72. The van der Waals surface area contributed by atoms with Crippen molar-refractivity contribution in [3.05, 3.63) is 29.6 Å². The first-order valence-corrected chi connectivity index (χ1v) is 7.18. The van der Waals surface area contributed by atoms with E-state index in [1.165, 1.54) is 12.8 Å². The minimum absolute atomic E-state index is 0.0947. The van der Waals surface area contributed by atoms with Crippen LogP contribution in [0.25, 0.3) is 0 Å². The lowest BCUT2D eigenvalue weighted by Crippen LogP contribution is -2.28. The molecule has 1 aromatic heterocycles. The standard InChI is InChI=1S/C15H19F3N2/c16-15(17,18)14(5-6-14)7-12(8-19)11-3-4-13(20-9-11)10-1-2-10/h3-4,9-10,12H,1-2,5-8,19H2. The fraction of sp³-hybridized carbons (Fsp3) is 0.667. The maximum Gasteiger partial charge on any atom is 0.394 e. The van der Waals surface area contributed by atoms with E-state index in [1.54, 1.807) is 6.20 Å². The number of nitrogens with two attached hydrogens (primary N) is 1. The highest BCUT2D eigenvalue weighted by Gasteiger charge is 2.63. The van der Waals surface area contributed by atoms with Gasteiger partial charge in [-0.25, -0.2) is 0 Å². The second-order valence-electron chi connectivity index (χ2n) is 6.21. The average molecular weight is 284 g/mol. The summed E-state index contributed by atoms with van der Waals surface area (Å²) in [5.41, 5.74) is 6.10. The second-order valence-corrected chi connectivity index (χ2v) is 6.21. The summed E-state index contributed by atoms with van der Waals surface area (Å²) in [6, 6.07) is 3.85. The first kappa shape index (κ1) is 13.9. The lowest BCUT2D eigenvalue weighted by atomic mass is 9.87. The zero-order valence-corrected chi connectivity index (χ0v) is 11.3. The molecule has 2 saturated carbocycles. The number of nitrogens with zero attached hydrogens (tertiary/aromatic N) is 1. The van der Waals surface area contributed by atoms with Gasteiger partial charge in [-0.1, -0.05) is 6.07 Å². The Morgan fingerprint density at radius 2 is 2.00 bits per heavy atom. The molecule has 1 aromatic rings. The molecule has 20 heavy (non-hydrogen) atoms. The van der Waals surface area contributed by atoms with Crippen LogP contribution in [0.1, 0.15) is 55.2 Å². The van der Waals surface area contributed by atoms with Crippen LogP contribution in [0.3, 0.4) is 0 Å². The van der Waals surface area contributed by atoms with Crippen molar-refractivity contribution in [3.8, 4) is 0 Å². The van der Waals surface area contributed by atoms with E-state index in [2.05, 4.69) is 4.98 Å². The van der Waals surface area contributed by atoms with Gasteiger partial charge in [-0.2, -0.15) is 13.2 Å². The first-order valence-electron chi connectivity index (χ1n) is 7.18. The lowest BCUT2D eigenvalue weighted by molar-refractivity contribution is -0.190. The fourth-order valence-electron chi connectivity index (χ4n) is 2.84. The number of aromatic nitrogens is 1. The van der Waals surface area contributed by atoms with Crippen molar-refractivity contribution >= 4 is 0 Å². The molecule has 1 atom stereocenters. The molecule has 0 radical (unpaired) electrons. The molecule has 2 aliphatic rings. The predicted molar refractivity (Wildman–Crippen MR) is 70.3 cm³/mol. The van der Waals surface area contributed by atoms with Gasteiger partial charge < -0.3 is 5.73 Å². The molecule has 1 heterocycles. The molecule has 0 spiro atoms. The van der Waals surface area contributed by atoms with Crippen LogP contribution in [0.15, 0.2) is 18.3 Å². The van der Waals surface area contributed by atoms with Crippen LogP contribution in [0.2, 0.25) is 0 Å². The molecule has 0 aromatic carbocycles. The molecule has 110 valence electrons. The summed E-state index contributed by atoms with van der Waals surface area (Å²) in [7, 11) is 0. The van der Waals surface area contributed by atoms with Crippen LogP contribution in [0.4, 0.5) is 13.2 Å². The van der Waals surface area contributed by atoms with Crippen molar-refractivity contribution in [3.63, 3.8) is 0 Å². The molecule has 0 aliphatic heterocycles. The Morgan fingerprint density at radius 1 is 1.30 bits per heavy atom. The quantitative estimate of drug-likeness (QED) is 0.894. The SMILES string of the molecule is NCC(CC1(C(F)(F)F)CC1)c1ccc(C2CC2)nc1. The summed E-state index contributed by atoms with van der Waals surface area (Å²) >= 11 is 0. The summed E-state index contributed by atoms with van der Waals surface area (Å²) < 4.78 is 39.1. The third-order valence-corrected chi connectivity index (χ3v) is 4.65. The minimum Gasteiger partial charge on any atom is -0.330 e. The van der Waals surface area contributed by atoms with Crippen LogP contribution in [-0.4, -0.2) is 17.7 Å². The lowest BCUT2D eigenvalue weighted by Gasteiger charge is -2.24. The molecule has 0 saturated heterocycles. The summed E-state index contributed by atoms with van der Waals surface area (Å²) in [5.74, 6) is 0.310. The Balaban J connectivity index is 1.73. The number of hydrogen-bond donors (Lipinski definition) is 1. The third kappa shape index (κ3) is 2.55. The van der Waals surface area contributed by atoms with E-state index in [0.717, 1.165) is 11.3 Å². The molecule has 0 bridgehead atoms. The molecular formula is C15H19F3N2. The molecule has 2 fully saturated rings. The summed E-state index contributed by atoms with van der Waals surface area (Å²) in [4.78, 5) is 4.39. The average Bonchev–Trinajstić information content (AvgIpc) is 3.27. The van der Waals surface area contributed by atoms with Crippen LogP contribution in [0, 0.1) is 5.41 Å². The highest BCUT2D eigenvalue weighted by Crippen LogP contribution is 2.62. The number of pyridine rings is 1. The van der Waals surface area contributed by atoms with E-state index >= 15 is 0 Å². The van der Waals surface area contributed by atoms with Gasteiger partial charge in [0.1, 0.15) is 0 Å². The Morgan fingerprint density at radius 3 is 2.40 bits per heavy atom. The third-order valence-electron chi connectivity index (χ3n) is 4.65. The van der Waals surface area contributed by atoms with Gasteiger partial charge in [0.25, 0.3) is 0 Å². The minimum atomic E-state index is -4.11.